The second-order valence-electron chi connectivity index (χ2n) is 4.32. The Hall–Kier alpha value is -0.730. The highest BCUT2D eigenvalue weighted by Gasteiger charge is 2.09. The predicted octanol–water partition coefficient (Wildman–Crippen LogP) is 3.45. The van der Waals surface area contributed by atoms with Crippen molar-refractivity contribution in [1.82, 2.24) is 5.32 Å². The highest BCUT2D eigenvalue weighted by atomic mass is 35.5. The lowest BCUT2D eigenvalue weighted by atomic mass is 10.0. The molecule has 1 rings (SSSR count). The molecule has 0 saturated heterocycles. The van der Waals surface area contributed by atoms with Crippen molar-refractivity contribution in [3.8, 4) is 5.75 Å². The van der Waals surface area contributed by atoms with E-state index in [1.54, 1.807) is 0 Å². The molecule has 0 aliphatic heterocycles. The molecule has 0 aromatic heterocycles. The van der Waals surface area contributed by atoms with Gasteiger partial charge in [-0.15, -0.1) is 0 Å². The van der Waals surface area contributed by atoms with Crippen molar-refractivity contribution in [2.24, 2.45) is 0 Å². The van der Waals surface area contributed by atoms with Crippen LogP contribution in [0.25, 0.3) is 0 Å². The van der Waals surface area contributed by atoms with Crippen LogP contribution in [0, 0.1) is 0 Å². The van der Waals surface area contributed by atoms with Gasteiger partial charge in [-0.3, -0.25) is 0 Å². The third-order valence-corrected chi connectivity index (χ3v) is 2.69. The van der Waals surface area contributed by atoms with Gasteiger partial charge in [0.15, 0.2) is 0 Å². The van der Waals surface area contributed by atoms with Crippen LogP contribution in [0.2, 0.25) is 5.02 Å². The summed E-state index contributed by atoms with van der Waals surface area (Å²) in [6.07, 6.45) is 0.151. The molecule has 0 spiro atoms. The fourth-order valence-electron chi connectivity index (χ4n) is 1.60. The van der Waals surface area contributed by atoms with E-state index in [2.05, 4.69) is 18.3 Å². The second kappa shape index (κ2) is 6.12. The van der Waals surface area contributed by atoms with Gasteiger partial charge in [0.05, 0.1) is 11.1 Å². The summed E-state index contributed by atoms with van der Waals surface area (Å²) in [5.74, 6) is 1.22. The van der Waals surface area contributed by atoms with Gasteiger partial charge in [-0.05, 0) is 44.5 Å². The zero-order valence-corrected chi connectivity index (χ0v) is 11.1. The number of benzene rings is 1. The summed E-state index contributed by atoms with van der Waals surface area (Å²) in [6, 6.07) is 6.01. The molecule has 1 unspecified atom stereocenters. The summed E-state index contributed by atoms with van der Waals surface area (Å²) < 4.78 is 5.59. The number of halogens is 1. The minimum Gasteiger partial charge on any atom is -0.489 e. The quantitative estimate of drug-likeness (QED) is 0.853. The van der Waals surface area contributed by atoms with Crippen LogP contribution < -0.4 is 10.1 Å². The van der Waals surface area contributed by atoms with Crippen molar-refractivity contribution in [3.63, 3.8) is 0 Å². The molecule has 0 amide bonds. The molecule has 2 nitrogen and oxygen atoms in total. The van der Waals surface area contributed by atoms with Crippen LogP contribution in [0.15, 0.2) is 18.2 Å². The van der Waals surface area contributed by atoms with Crippen LogP contribution in [0.1, 0.15) is 32.3 Å². The molecule has 1 atom stereocenters. The lowest BCUT2D eigenvalue weighted by Crippen LogP contribution is -2.14. The molecule has 0 aliphatic carbocycles. The molecule has 1 aromatic carbocycles. The molecule has 90 valence electrons. The molecule has 1 aromatic rings. The highest BCUT2D eigenvalue weighted by Crippen LogP contribution is 2.29. The summed E-state index contributed by atoms with van der Waals surface area (Å²) >= 11 is 6.17. The van der Waals surface area contributed by atoms with Gasteiger partial charge >= 0.3 is 0 Å². The van der Waals surface area contributed by atoms with Crippen LogP contribution in [-0.2, 0) is 0 Å². The van der Waals surface area contributed by atoms with Gasteiger partial charge in [-0.25, -0.2) is 0 Å². The summed E-state index contributed by atoms with van der Waals surface area (Å²) in [4.78, 5) is 0. The zero-order chi connectivity index (χ0) is 12.1. The minimum atomic E-state index is 0.151. The maximum atomic E-state index is 6.17. The fraction of sp³-hybridized carbons (Fsp3) is 0.538. The first-order valence-corrected chi connectivity index (χ1v) is 6.03. The molecule has 3 heteroatoms. The second-order valence-corrected chi connectivity index (χ2v) is 4.72. The molecular formula is C13H20ClNO. The third-order valence-electron chi connectivity index (χ3n) is 2.40. The van der Waals surface area contributed by atoms with E-state index in [1.807, 2.05) is 33.0 Å². The summed E-state index contributed by atoms with van der Waals surface area (Å²) in [6.45, 7) is 7.10. The van der Waals surface area contributed by atoms with Crippen molar-refractivity contribution >= 4 is 11.6 Å². The largest absolute Gasteiger partial charge is 0.489 e. The molecular weight excluding hydrogens is 222 g/mol. The van der Waals surface area contributed by atoms with Crippen LogP contribution in [-0.4, -0.2) is 19.7 Å². The highest BCUT2D eigenvalue weighted by molar-refractivity contribution is 6.32. The van der Waals surface area contributed by atoms with Crippen LogP contribution in [0.4, 0.5) is 0 Å². The van der Waals surface area contributed by atoms with Gasteiger partial charge in [-0.1, -0.05) is 24.6 Å². The monoisotopic (exact) mass is 241 g/mol. The normalized spacial score (nSPS) is 12.9. The molecule has 0 saturated carbocycles. The topological polar surface area (TPSA) is 21.3 Å². The Kier molecular flexibility index (Phi) is 5.10. The SMILES string of the molecule is CNCC(C)c1ccc(OC(C)C)c(Cl)c1. The molecule has 1 N–H and O–H groups in total. The molecule has 16 heavy (non-hydrogen) atoms. The Bertz CT molecular complexity index is 339. The molecule has 0 bridgehead atoms. The molecule has 0 aliphatic rings. The van der Waals surface area contributed by atoms with Gasteiger partial charge in [0.1, 0.15) is 5.75 Å². The summed E-state index contributed by atoms with van der Waals surface area (Å²) in [5.41, 5.74) is 1.23. The van der Waals surface area contributed by atoms with Gasteiger partial charge in [0.25, 0.3) is 0 Å². The van der Waals surface area contributed by atoms with Crippen molar-refractivity contribution in [2.75, 3.05) is 13.6 Å². The van der Waals surface area contributed by atoms with Gasteiger partial charge < -0.3 is 10.1 Å². The van der Waals surface area contributed by atoms with E-state index in [0.29, 0.717) is 10.9 Å². The number of likely N-dealkylation sites (N-methyl/N-ethyl adjacent to an activating group) is 1. The Labute approximate surface area is 103 Å². The Morgan fingerprint density at radius 3 is 2.50 bits per heavy atom. The van der Waals surface area contributed by atoms with E-state index in [4.69, 9.17) is 16.3 Å². The lowest BCUT2D eigenvalue weighted by Gasteiger charge is -2.15. The van der Waals surface area contributed by atoms with Crippen molar-refractivity contribution < 1.29 is 4.74 Å². The van der Waals surface area contributed by atoms with Gasteiger partial charge in [0, 0.05) is 6.54 Å². The van der Waals surface area contributed by atoms with E-state index in [-0.39, 0.29) is 6.10 Å². The van der Waals surface area contributed by atoms with Crippen molar-refractivity contribution in [2.45, 2.75) is 32.8 Å². The third kappa shape index (κ3) is 3.69. The minimum absolute atomic E-state index is 0.151. The molecule has 0 radical (unpaired) electrons. The summed E-state index contributed by atoms with van der Waals surface area (Å²) in [5, 5.41) is 3.85. The number of ether oxygens (including phenoxy) is 1. The first-order chi connectivity index (χ1) is 7.54. The van der Waals surface area contributed by atoms with Gasteiger partial charge in [0.2, 0.25) is 0 Å². The van der Waals surface area contributed by atoms with Crippen LogP contribution >= 0.6 is 11.6 Å². The standard InChI is InChI=1S/C13H20ClNO/c1-9(2)16-13-6-5-11(7-12(13)14)10(3)8-15-4/h5-7,9-10,15H,8H2,1-4H3. The van der Waals surface area contributed by atoms with Crippen LogP contribution in [0.5, 0.6) is 5.75 Å². The van der Waals surface area contributed by atoms with Crippen LogP contribution in [0.3, 0.4) is 0 Å². The Morgan fingerprint density at radius 2 is 2.00 bits per heavy atom. The average Bonchev–Trinajstić information content (AvgIpc) is 2.20. The van der Waals surface area contributed by atoms with Gasteiger partial charge in [-0.2, -0.15) is 0 Å². The Balaban J connectivity index is 2.82. The smallest absolute Gasteiger partial charge is 0.138 e. The van der Waals surface area contributed by atoms with E-state index < -0.39 is 0 Å². The molecule has 0 fully saturated rings. The van der Waals surface area contributed by atoms with E-state index >= 15 is 0 Å². The number of hydrogen-bond acceptors (Lipinski definition) is 2. The number of rotatable bonds is 5. The molecule has 0 heterocycles. The van der Waals surface area contributed by atoms with E-state index in [1.165, 1.54) is 5.56 Å². The zero-order valence-electron chi connectivity index (χ0n) is 10.4. The fourth-order valence-corrected chi connectivity index (χ4v) is 1.83. The lowest BCUT2D eigenvalue weighted by molar-refractivity contribution is 0.242. The first-order valence-electron chi connectivity index (χ1n) is 5.65. The maximum absolute atomic E-state index is 6.17. The number of hydrogen-bond donors (Lipinski definition) is 1. The summed E-state index contributed by atoms with van der Waals surface area (Å²) in [7, 11) is 1.95. The average molecular weight is 242 g/mol. The first kappa shape index (κ1) is 13.3. The van der Waals surface area contributed by atoms with Crippen molar-refractivity contribution in [3.05, 3.63) is 28.8 Å². The van der Waals surface area contributed by atoms with Crippen molar-refractivity contribution in [1.29, 1.82) is 0 Å². The number of nitrogens with one attached hydrogen (secondary N) is 1. The van der Waals surface area contributed by atoms with E-state index in [9.17, 15) is 0 Å². The van der Waals surface area contributed by atoms with E-state index in [0.717, 1.165) is 12.3 Å². The predicted molar refractivity (Wildman–Crippen MR) is 69.6 cm³/mol. The maximum Gasteiger partial charge on any atom is 0.138 e. The Morgan fingerprint density at radius 1 is 1.31 bits per heavy atom.